The first-order valence-corrected chi connectivity index (χ1v) is 5.99. The predicted octanol–water partition coefficient (Wildman–Crippen LogP) is 2.41. The molecule has 2 rings (SSSR count). The summed E-state index contributed by atoms with van der Waals surface area (Å²) in [6.45, 7) is 3.75. The summed E-state index contributed by atoms with van der Waals surface area (Å²) in [6, 6.07) is 3.78. The normalized spacial score (nSPS) is 16.9. The van der Waals surface area contributed by atoms with E-state index in [2.05, 4.69) is 4.98 Å². The predicted molar refractivity (Wildman–Crippen MR) is 63.3 cm³/mol. The third-order valence-electron chi connectivity index (χ3n) is 3.03. The van der Waals surface area contributed by atoms with Crippen LogP contribution in [0.2, 0.25) is 0 Å². The molecule has 1 aromatic rings. The highest BCUT2D eigenvalue weighted by Gasteiger charge is 2.17. The van der Waals surface area contributed by atoms with Crippen LogP contribution >= 0.6 is 0 Å². The van der Waals surface area contributed by atoms with E-state index < -0.39 is 0 Å². The lowest BCUT2D eigenvalue weighted by Gasteiger charge is -2.19. The number of nitrogens with zero attached hydrogens (tertiary/aromatic N) is 2. The highest BCUT2D eigenvalue weighted by molar-refractivity contribution is 5.92. The first-order valence-electron chi connectivity index (χ1n) is 5.99. The summed E-state index contributed by atoms with van der Waals surface area (Å²) in [6.07, 6.45) is 6.44. The molecule has 1 amide bonds. The molecule has 1 aliphatic rings. The van der Waals surface area contributed by atoms with E-state index in [4.69, 9.17) is 0 Å². The number of amides is 1. The Labute approximate surface area is 96.5 Å². The van der Waals surface area contributed by atoms with Gasteiger partial charge in [0.2, 0.25) is 0 Å². The first kappa shape index (κ1) is 11.1. The van der Waals surface area contributed by atoms with Crippen molar-refractivity contribution in [2.24, 2.45) is 0 Å². The summed E-state index contributed by atoms with van der Waals surface area (Å²) >= 11 is 0. The van der Waals surface area contributed by atoms with Crippen molar-refractivity contribution in [1.29, 1.82) is 0 Å². The van der Waals surface area contributed by atoms with Crippen molar-refractivity contribution in [3.05, 3.63) is 29.6 Å². The number of likely N-dealkylation sites (tertiary alicyclic amines) is 1. The molecule has 0 atom stereocenters. The van der Waals surface area contributed by atoms with Crippen LogP contribution in [0.25, 0.3) is 0 Å². The standard InChI is InChI=1S/C13H18N2O/c1-11-6-7-14-12(10-11)13(16)15-8-4-2-3-5-9-15/h6-7,10H,2-5,8-9H2,1H3. The van der Waals surface area contributed by atoms with E-state index >= 15 is 0 Å². The van der Waals surface area contributed by atoms with E-state index in [-0.39, 0.29) is 5.91 Å². The average Bonchev–Trinajstić information content (AvgIpc) is 2.56. The average molecular weight is 218 g/mol. The summed E-state index contributed by atoms with van der Waals surface area (Å²) < 4.78 is 0. The van der Waals surface area contributed by atoms with E-state index in [0.717, 1.165) is 31.5 Å². The van der Waals surface area contributed by atoms with Gasteiger partial charge in [0, 0.05) is 19.3 Å². The van der Waals surface area contributed by atoms with Gasteiger partial charge < -0.3 is 4.90 Å². The van der Waals surface area contributed by atoms with Crippen LogP contribution in [0.4, 0.5) is 0 Å². The van der Waals surface area contributed by atoms with Crippen molar-refractivity contribution in [3.8, 4) is 0 Å². The van der Waals surface area contributed by atoms with Gasteiger partial charge in [-0.2, -0.15) is 0 Å². The molecule has 1 saturated heterocycles. The van der Waals surface area contributed by atoms with E-state index in [9.17, 15) is 4.79 Å². The number of rotatable bonds is 1. The van der Waals surface area contributed by atoms with Gasteiger partial charge in [-0.05, 0) is 37.5 Å². The topological polar surface area (TPSA) is 33.2 Å². The fourth-order valence-electron chi connectivity index (χ4n) is 2.09. The number of hydrogen-bond acceptors (Lipinski definition) is 2. The van der Waals surface area contributed by atoms with Gasteiger partial charge in [-0.15, -0.1) is 0 Å². The van der Waals surface area contributed by atoms with Crippen LogP contribution in [0.3, 0.4) is 0 Å². The number of aromatic nitrogens is 1. The Kier molecular flexibility index (Phi) is 3.54. The molecule has 1 aliphatic heterocycles. The molecule has 0 N–H and O–H groups in total. The molecular weight excluding hydrogens is 200 g/mol. The lowest BCUT2D eigenvalue weighted by atomic mass is 10.2. The van der Waals surface area contributed by atoms with Gasteiger partial charge in [0.15, 0.2) is 0 Å². The molecule has 0 unspecified atom stereocenters. The highest BCUT2D eigenvalue weighted by Crippen LogP contribution is 2.12. The third-order valence-corrected chi connectivity index (χ3v) is 3.03. The summed E-state index contributed by atoms with van der Waals surface area (Å²) in [5.74, 6) is 0.0885. The zero-order chi connectivity index (χ0) is 11.4. The largest absolute Gasteiger partial charge is 0.337 e. The van der Waals surface area contributed by atoms with Gasteiger partial charge in [-0.1, -0.05) is 12.8 Å². The zero-order valence-electron chi connectivity index (χ0n) is 9.78. The molecule has 0 radical (unpaired) electrons. The second-order valence-corrected chi connectivity index (χ2v) is 4.42. The fraction of sp³-hybridized carbons (Fsp3) is 0.538. The maximum Gasteiger partial charge on any atom is 0.272 e. The number of carbonyl (C=O) groups is 1. The smallest absolute Gasteiger partial charge is 0.272 e. The first-order chi connectivity index (χ1) is 7.77. The van der Waals surface area contributed by atoms with Crippen molar-refractivity contribution in [3.63, 3.8) is 0 Å². The minimum Gasteiger partial charge on any atom is -0.337 e. The molecule has 1 aromatic heterocycles. The minimum absolute atomic E-state index is 0.0885. The number of hydrogen-bond donors (Lipinski definition) is 0. The molecule has 0 spiro atoms. The van der Waals surface area contributed by atoms with E-state index in [0.29, 0.717) is 5.69 Å². The van der Waals surface area contributed by atoms with Crippen LogP contribution in [-0.4, -0.2) is 28.9 Å². The highest BCUT2D eigenvalue weighted by atomic mass is 16.2. The number of carbonyl (C=O) groups excluding carboxylic acids is 1. The summed E-state index contributed by atoms with van der Waals surface area (Å²) in [7, 11) is 0. The van der Waals surface area contributed by atoms with Crippen LogP contribution in [0.15, 0.2) is 18.3 Å². The molecule has 3 nitrogen and oxygen atoms in total. The third kappa shape index (κ3) is 2.60. The molecule has 0 aromatic carbocycles. The van der Waals surface area contributed by atoms with Crippen LogP contribution in [-0.2, 0) is 0 Å². The van der Waals surface area contributed by atoms with Crippen LogP contribution in [0.5, 0.6) is 0 Å². The molecule has 16 heavy (non-hydrogen) atoms. The monoisotopic (exact) mass is 218 g/mol. The molecule has 3 heteroatoms. The lowest BCUT2D eigenvalue weighted by molar-refractivity contribution is 0.0755. The maximum absolute atomic E-state index is 12.2. The Balaban J connectivity index is 2.11. The second kappa shape index (κ2) is 5.10. The Morgan fingerprint density at radius 1 is 1.25 bits per heavy atom. The summed E-state index contributed by atoms with van der Waals surface area (Å²) in [4.78, 5) is 18.3. The minimum atomic E-state index is 0.0885. The van der Waals surface area contributed by atoms with Crippen molar-refractivity contribution in [1.82, 2.24) is 9.88 Å². The van der Waals surface area contributed by atoms with Gasteiger partial charge in [0.1, 0.15) is 5.69 Å². The van der Waals surface area contributed by atoms with Gasteiger partial charge in [-0.3, -0.25) is 9.78 Å². The van der Waals surface area contributed by atoms with E-state index in [1.54, 1.807) is 6.20 Å². The van der Waals surface area contributed by atoms with Gasteiger partial charge in [-0.25, -0.2) is 0 Å². The SMILES string of the molecule is Cc1ccnc(C(=O)N2CCCCCC2)c1. The number of pyridine rings is 1. The lowest BCUT2D eigenvalue weighted by Crippen LogP contribution is -2.32. The molecule has 86 valence electrons. The summed E-state index contributed by atoms with van der Waals surface area (Å²) in [5, 5.41) is 0. The van der Waals surface area contributed by atoms with Crippen molar-refractivity contribution < 1.29 is 4.79 Å². The molecular formula is C13H18N2O. The van der Waals surface area contributed by atoms with Crippen molar-refractivity contribution >= 4 is 5.91 Å². The van der Waals surface area contributed by atoms with Crippen LogP contribution in [0, 0.1) is 6.92 Å². The van der Waals surface area contributed by atoms with Crippen LogP contribution < -0.4 is 0 Å². The molecule has 1 fully saturated rings. The second-order valence-electron chi connectivity index (χ2n) is 4.42. The van der Waals surface area contributed by atoms with Crippen LogP contribution in [0.1, 0.15) is 41.7 Å². The van der Waals surface area contributed by atoms with Gasteiger partial charge in [0.25, 0.3) is 5.91 Å². The Morgan fingerprint density at radius 2 is 1.94 bits per heavy atom. The quantitative estimate of drug-likeness (QED) is 0.725. The zero-order valence-corrected chi connectivity index (χ0v) is 9.78. The van der Waals surface area contributed by atoms with E-state index in [1.165, 1.54) is 12.8 Å². The van der Waals surface area contributed by atoms with Crippen molar-refractivity contribution in [2.75, 3.05) is 13.1 Å². The Bertz CT molecular complexity index is 368. The molecule has 0 aliphatic carbocycles. The maximum atomic E-state index is 12.2. The number of aryl methyl sites for hydroxylation is 1. The summed E-state index contributed by atoms with van der Waals surface area (Å²) in [5.41, 5.74) is 1.68. The van der Waals surface area contributed by atoms with Gasteiger partial charge in [0.05, 0.1) is 0 Å². The fourth-order valence-corrected chi connectivity index (χ4v) is 2.09. The Morgan fingerprint density at radius 3 is 2.56 bits per heavy atom. The molecule has 2 heterocycles. The molecule has 0 bridgehead atoms. The Hall–Kier alpha value is -1.38. The van der Waals surface area contributed by atoms with E-state index in [1.807, 2.05) is 24.0 Å². The van der Waals surface area contributed by atoms with Gasteiger partial charge >= 0.3 is 0 Å². The molecule has 0 saturated carbocycles. The van der Waals surface area contributed by atoms with Crippen molar-refractivity contribution in [2.45, 2.75) is 32.6 Å².